The normalized spacial score (nSPS) is 11.8. The van der Waals surface area contributed by atoms with Crippen molar-refractivity contribution >= 4 is 17.5 Å². The highest BCUT2D eigenvalue weighted by atomic mass is 19.4. The van der Waals surface area contributed by atoms with Crippen molar-refractivity contribution in [1.82, 2.24) is 4.90 Å². The largest absolute Gasteiger partial charge is 0.418 e. The number of carbonyl (C=O) groups is 2. The van der Waals surface area contributed by atoms with Gasteiger partial charge < -0.3 is 11.1 Å². The zero-order valence-corrected chi connectivity index (χ0v) is 13.0. The van der Waals surface area contributed by atoms with Crippen LogP contribution in [0.25, 0.3) is 0 Å². The number of nitrogens with zero attached hydrogens (tertiary/aromatic N) is 1. The number of benzene rings is 1. The van der Waals surface area contributed by atoms with Crippen LogP contribution in [0, 0.1) is 5.92 Å². The predicted molar refractivity (Wildman–Crippen MR) is 80.5 cm³/mol. The second-order valence-electron chi connectivity index (χ2n) is 5.62. The molecule has 0 radical (unpaired) electrons. The summed E-state index contributed by atoms with van der Waals surface area (Å²) in [7, 11) is 0. The summed E-state index contributed by atoms with van der Waals surface area (Å²) in [6.45, 7) is 3.87. The highest BCUT2D eigenvalue weighted by Gasteiger charge is 2.33. The summed E-state index contributed by atoms with van der Waals surface area (Å²) < 4.78 is 38.6. The number of nitrogens with one attached hydrogen (secondary N) is 1. The van der Waals surface area contributed by atoms with E-state index in [1.54, 1.807) is 0 Å². The van der Waals surface area contributed by atoms with Gasteiger partial charge in [0, 0.05) is 6.54 Å². The molecule has 0 aliphatic rings. The molecule has 0 heterocycles. The van der Waals surface area contributed by atoms with E-state index in [0.717, 1.165) is 6.07 Å². The van der Waals surface area contributed by atoms with Crippen molar-refractivity contribution in [3.05, 3.63) is 29.8 Å². The first-order valence-electron chi connectivity index (χ1n) is 7.06. The summed E-state index contributed by atoms with van der Waals surface area (Å²) in [4.78, 5) is 24.5. The minimum absolute atomic E-state index is 0.132. The maximum atomic E-state index is 12.9. The van der Waals surface area contributed by atoms with Crippen LogP contribution in [-0.2, 0) is 15.8 Å². The molecule has 0 atom stereocenters. The van der Waals surface area contributed by atoms with Gasteiger partial charge in [-0.05, 0) is 18.1 Å². The van der Waals surface area contributed by atoms with E-state index in [4.69, 9.17) is 5.73 Å². The summed E-state index contributed by atoms with van der Waals surface area (Å²) in [5.41, 5.74) is 3.89. The van der Waals surface area contributed by atoms with E-state index in [0.29, 0.717) is 6.54 Å². The van der Waals surface area contributed by atoms with Crippen molar-refractivity contribution < 1.29 is 22.8 Å². The van der Waals surface area contributed by atoms with Crippen molar-refractivity contribution in [2.75, 3.05) is 25.0 Å². The molecule has 23 heavy (non-hydrogen) atoms. The summed E-state index contributed by atoms with van der Waals surface area (Å²) in [6, 6.07) is 4.73. The molecule has 5 nitrogen and oxygen atoms in total. The Hall–Kier alpha value is -2.09. The molecule has 1 aromatic rings. The van der Waals surface area contributed by atoms with E-state index in [2.05, 4.69) is 5.32 Å². The first kappa shape index (κ1) is 19.0. The first-order valence-corrected chi connectivity index (χ1v) is 7.06. The number of carbonyl (C=O) groups excluding carboxylic acids is 2. The van der Waals surface area contributed by atoms with Crippen LogP contribution in [0.2, 0.25) is 0 Å². The Morgan fingerprint density at radius 2 is 1.83 bits per heavy atom. The molecule has 3 N–H and O–H groups in total. The number of primary amides is 1. The van der Waals surface area contributed by atoms with Gasteiger partial charge in [0.1, 0.15) is 0 Å². The molecule has 0 saturated carbocycles. The van der Waals surface area contributed by atoms with Gasteiger partial charge in [-0.2, -0.15) is 13.2 Å². The standard InChI is InChI=1S/C15H20F3N3O2/c1-10(2)7-21(8-13(19)22)9-14(23)20-12-6-4-3-5-11(12)15(16,17)18/h3-6,10H,7-9H2,1-2H3,(H2,19,22)(H,20,23). The molecule has 0 spiro atoms. The van der Waals surface area contributed by atoms with E-state index < -0.39 is 23.6 Å². The maximum Gasteiger partial charge on any atom is 0.418 e. The van der Waals surface area contributed by atoms with Crippen LogP contribution >= 0.6 is 0 Å². The van der Waals surface area contributed by atoms with Crippen molar-refractivity contribution in [3.8, 4) is 0 Å². The van der Waals surface area contributed by atoms with E-state index in [-0.39, 0.29) is 24.7 Å². The topological polar surface area (TPSA) is 75.4 Å². The molecule has 1 aromatic carbocycles. The minimum atomic E-state index is -4.56. The number of amides is 2. The van der Waals surface area contributed by atoms with Gasteiger partial charge in [-0.25, -0.2) is 0 Å². The first-order chi connectivity index (χ1) is 10.6. The van der Waals surface area contributed by atoms with Crippen molar-refractivity contribution in [3.63, 3.8) is 0 Å². The van der Waals surface area contributed by atoms with Crippen molar-refractivity contribution in [2.45, 2.75) is 20.0 Å². The zero-order valence-electron chi connectivity index (χ0n) is 13.0. The van der Waals surface area contributed by atoms with E-state index in [1.165, 1.54) is 23.1 Å². The molecule has 2 amide bonds. The highest BCUT2D eigenvalue weighted by molar-refractivity contribution is 5.93. The average Bonchev–Trinajstić information content (AvgIpc) is 2.35. The number of alkyl halides is 3. The minimum Gasteiger partial charge on any atom is -0.369 e. The molecule has 0 aliphatic heterocycles. The Morgan fingerprint density at radius 1 is 1.22 bits per heavy atom. The zero-order chi connectivity index (χ0) is 17.6. The molecular formula is C15H20F3N3O2. The van der Waals surface area contributed by atoms with Crippen molar-refractivity contribution in [2.24, 2.45) is 11.7 Å². The van der Waals surface area contributed by atoms with Crippen LogP contribution in [-0.4, -0.2) is 36.3 Å². The Balaban J connectivity index is 2.81. The van der Waals surface area contributed by atoms with Gasteiger partial charge in [0.2, 0.25) is 11.8 Å². The Labute approximate surface area is 132 Å². The summed E-state index contributed by atoms with van der Waals surface area (Å²) >= 11 is 0. The van der Waals surface area contributed by atoms with Crippen LogP contribution in [0.5, 0.6) is 0 Å². The molecule has 128 valence electrons. The van der Waals surface area contributed by atoms with Gasteiger partial charge in [-0.15, -0.1) is 0 Å². The Bertz CT molecular complexity index is 559. The fraction of sp³-hybridized carbons (Fsp3) is 0.467. The molecule has 0 aromatic heterocycles. The SMILES string of the molecule is CC(C)CN(CC(N)=O)CC(=O)Nc1ccccc1C(F)(F)F. The molecule has 8 heteroatoms. The monoisotopic (exact) mass is 331 g/mol. The second-order valence-corrected chi connectivity index (χ2v) is 5.62. The Kier molecular flexibility index (Phi) is 6.56. The number of halogens is 3. The molecule has 0 unspecified atom stereocenters. The van der Waals surface area contributed by atoms with Crippen molar-refractivity contribution in [1.29, 1.82) is 0 Å². The third-order valence-corrected chi connectivity index (χ3v) is 2.88. The van der Waals surface area contributed by atoms with E-state index >= 15 is 0 Å². The van der Waals surface area contributed by atoms with Gasteiger partial charge >= 0.3 is 6.18 Å². The average molecular weight is 331 g/mol. The van der Waals surface area contributed by atoms with Crippen LogP contribution in [0.3, 0.4) is 0 Å². The predicted octanol–water partition coefficient (Wildman–Crippen LogP) is 2.09. The molecular weight excluding hydrogens is 311 g/mol. The Morgan fingerprint density at radius 3 is 2.35 bits per heavy atom. The van der Waals surface area contributed by atoms with E-state index in [1.807, 2.05) is 13.8 Å². The smallest absolute Gasteiger partial charge is 0.369 e. The van der Waals surface area contributed by atoms with Crippen LogP contribution in [0.15, 0.2) is 24.3 Å². The maximum absolute atomic E-state index is 12.9. The quantitative estimate of drug-likeness (QED) is 0.803. The second kappa shape index (κ2) is 7.96. The third kappa shape index (κ3) is 6.68. The van der Waals surface area contributed by atoms with Crippen LogP contribution < -0.4 is 11.1 Å². The van der Waals surface area contributed by atoms with Gasteiger partial charge in [0.25, 0.3) is 0 Å². The number of para-hydroxylation sites is 1. The van der Waals surface area contributed by atoms with Crippen LogP contribution in [0.1, 0.15) is 19.4 Å². The summed E-state index contributed by atoms with van der Waals surface area (Å²) in [5.74, 6) is -1.07. The number of hydrogen-bond acceptors (Lipinski definition) is 3. The fourth-order valence-electron chi connectivity index (χ4n) is 2.15. The van der Waals surface area contributed by atoms with Gasteiger partial charge in [-0.3, -0.25) is 14.5 Å². The molecule has 1 rings (SSSR count). The van der Waals surface area contributed by atoms with Gasteiger partial charge in [0.15, 0.2) is 0 Å². The molecule has 0 aliphatic carbocycles. The molecule has 0 fully saturated rings. The van der Waals surface area contributed by atoms with Crippen LogP contribution in [0.4, 0.5) is 18.9 Å². The lowest BCUT2D eigenvalue weighted by molar-refractivity contribution is -0.137. The summed E-state index contributed by atoms with van der Waals surface area (Å²) in [6.07, 6.45) is -4.56. The molecule has 0 bridgehead atoms. The number of anilines is 1. The van der Waals surface area contributed by atoms with Gasteiger partial charge in [-0.1, -0.05) is 26.0 Å². The third-order valence-electron chi connectivity index (χ3n) is 2.88. The number of nitrogens with two attached hydrogens (primary N) is 1. The summed E-state index contributed by atoms with van der Waals surface area (Å²) in [5, 5.41) is 2.24. The molecule has 0 saturated heterocycles. The number of hydrogen-bond donors (Lipinski definition) is 2. The van der Waals surface area contributed by atoms with Gasteiger partial charge in [0.05, 0.1) is 24.3 Å². The van der Waals surface area contributed by atoms with E-state index in [9.17, 15) is 22.8 Å². The number of rotatable bonds is 7. The lowest BCUT2D eigenvalue weighted by Crippen LogP contribution is -2.41. The highest BCUT2D eigenvalue weighted by Crippen LogP contribution is 2.34. The lowest BCUT2D eigenvalue weighted by atomic mass is 10.1. The fourth-order valence-corrected chi connectivity index (χ4v) is 2.15. The lowest BCUT2D eigenvalue weighted by Gasteiger charge is -2.22.